The zero-order chi connectivity index (χ0) is 18.7. The van der Waals surface area contributed by atoms with Gasteiger partial charge in [0.25, 0.3) is 0 Å². The van der Waals surface area contributed by atoms with Crippen molar-refractivity contribution in [3.63, 3.8) is 0 Å². The Morgan fingerprint density at radius 2 is 1.89 bits per heavy atom. The minimum atomic E-state index is -0.321. The molecule has 4 saturated heterocycles. The first-order valence-corrected chi connectivity index (χ1v) is 10.7. The van der Waals surface area contributed by atoms with E-state index in [-0.39, 0.29) is 11.7 Å². The van der Waals surface area contributed by atoms with Gasteiger partial charge in [-0.25, -0.2) is 9.78 Å². The van der Waals surface area contributed by atoms with E-state index in [0.717, 1.165) is 59.0 Å². The minimum absolute atomic E-state index is 0.200. The highest BCUT2D eigenvalue weighted by Crippen LogP contribution is 2.45. The van der Waals surface area contributed by atoms with Gasteiger partial charge in [0.05, 0.1) is 22.6 Å². The van der Waals surface area contributed by atoms with Crippen LogP contribution in [0.5, 0.6) is 0 Å². The first-order chi connectivity index (χ1) is 13.7. The van der Waals surface area contributed by atoms with Crippen LogP contribution in [-0.4, -0.2) is 47.8 Å². The van der Waals surface area contributed by atoms with E-state index in [9.17, 15) is 4.79 Å². The number of thiophene rings is 1. The minimum Gasteiger partial charge on any atom is -0.439 e. The van der Waals surface area contributed by atoms with Gasteiger partial charge in [0.15, 0.2) is 0 Å². The first-order valence-electron chi connectivity index (χ1n) is 9.89. The number of nitrogens with zero attached hydrogens (tertiary/aromatic N) is 3. The van der Waals surface area contributed by atoms with Crippen LogP contribution >= 0.6 is 11.3 Å². The second-order valence-corrected chi connectivity index (χ2v) is 9.16. The van der Waals surface area contributed by atoms with Crippen molar-refractivity contribution in [2.75, 3.05) is 31.1 Å². The molecule has 5 nitrogen and oxygen atoms in total. The molecule has 6 heterocycles. The summed E-state index contributed by atoms with van der Waals surface area (Å²) in [6, 6.07) is 16.4. The molecule has 1 amide bonds. The molecule has 4 aliphatic rings. The van der Waals surface area contributed by atoms with Gasteiger partial charge < -0.3 is 4.74 Å². The predicted molar refractivity (Wildman–Crippen MR) is 111 cm³/mol. The van der Waals surface area contributed by atoms with Crippen molar-refractivity contribution >= 4 is 33.3 Å². The van der Waals surface area contributed by atoms with Crippen LogP contribution in [0.2, 0.25) is 0 Å². The van der Waals surface area contributed by atoms with Crippen LogP contribution in [0.1, 0.15) is 12.8 Å². The highest BCUT2D eigenvalue weighted by Gasteiger charge is 2.55. The van der Waals surface area contributed by atoms with Crippen molar-refractivity contribution < 1.29 is 9.53 Å². The van der Waals surface area contributed by atoms with Crippen LogP contribution in [-0.2, 0) is 4.74 Å². The third-order valence-corrected chi connectivity index (χ3v) is 7.60. The summed E-state index contributed by atoms with van der Waals surface area (Å²) in [5.41, 5.74) is 1.61. The van der Waals surface area contributed by atoms with E-state index in [1.807, 2.05) is 29.2 Å². The third kappa shape index (κ3) is 2.48. The maximum Gasteiger partial charge on any atom is 0.415 e. The molecule has 0 saturated carbocycles. The molecule has 0 aliphatic carbocycles. The van der Waals surface area contributed by atoms with Gasteiger partial charge >= 0.3 is 6.09 Å². The zero-order valence-electron chi connectivity index (χ0n) is 15.5. The smallest absolute Gasteiger partial charge is 0.415 e. The van der Waals surface area contributed by atoms with Gasteiger partial charge in [-0.05, 0) is 50.2 Å². The molecule has 0 radical (unpaired) electrons. The van der Waals surface area contributed by atoms with E-state index in [1.165, 1.54) is 0 Å². The Hall–Kier alpha value is -2.44. The Kier molecular flexibility index (Phi) is 3.55. The predicted octanol–water partition coefficient (Wildman–Crippen LogP) is 4.38. The Labute approximate surface area is 167 Å². The summed E-state index contributed by atoms with van der Waals surface area (Å²) in [6.07, 6.45) is 2.07. The molecule has 3 aromatic rings. The number of amides is 1. The number of piperidine rings is 3. The fraction of sp³-hybridized carbons (Fsp3) is 0.364. The molecule has 4 fully saturated rings. The van der Waals surface area contributed by atoms with Crippen molar-refractivity contribution in [2.45, 2.75) is 18.4 Å². The first kappa shape index (κ1) is 16.5. The third-order valence-electron chi connectivity index (χ3n) is 6.47. The van der Waals surface area contributed by atoms with E-state index in [0.29, 0.717) is 12.5 Å². The molecule has 4 aliphatic heterocycles. The van der Waals surface area contributed by atoms with Crippen LogP contribution in [0.15, 0.2) is 48.5 Å². The van der Waals surface area contributed by atoms with Crippen LogP contribution in [0.3, 0.4) is 0 Å². The van der Waals surface area contributed by atoms with Gasteiger partial charge in [0, 0.05) is 17.8 Å². The average Bonchev–Trinajstić information content (AvgIpc) is 3.33. The molecule has 0 unspecified atom stereocenters. The number of carbonyl (C=O) groups is 1. The highest BCUT2D eigenvalue weighted by atomic mass is 32.1. The second kappa shape index (κ2) is 6.03. The number of anilines is 1. The average molecular weight is 391 g/mol. The maximum atomic E-state index is 12.7. The van der Waals surface area contributed by atoms with Crippen LogP contribution < -0.4 is 4.90 Å². The molecule has 1 aromatic carbocycles. The monoisotopic (exact) mass is 391 g/mol. The van der Waals surface area contributed by atoms with E-state index in [2.05, 4.69) is 29.2 Å². The topological polar surface area (TPSA) is 45.7 Å². The Bertz CT molecular complexity index is 1070. The van der Waals surface area contributed by atoms with E-state index < -0.39 is 0 Å². The maximum absolute atomic E-state index is 12.7. The Balaban J connectivity index is 1.30. The van der Waals surface area contributed by atoms with Gasteiger partial charge in [0.1, 0.15) is 10.6 Å². The van der Waals surface area contributed by atoms with Gasteiger partial charge in [-0.3, -0.25) is 9.80 Å². The van der Waals surface area contributed by atoms with Crippen molar-refractivity contribution in [1.29, 1.82) is 0 Å². The van der Waals surface area contributed by atoms with Crippen molar-refractivity contribution in [3.8, 4) is 10.6 Å². The summed E-state index contributed by atoms with van der Waals surface area (Å²) >= 11 is 1.61. The lowest BCUT2D eigenvalue weighted by atomic mass is 9.75. The normalized spacial score (nSPS) is 29.0. The molecule has 6 heteroatoms. The lowest BCUT2D eigenvalue weighted by Gasteiger charge is -2.49. The van der Waals surface area contributed by atoms with Gasteiger partial charge in [-0.15, -0.1) is 11.3 Å². The molecule has 2 bridgehead atoms. The number of benzene rings is 1. The number of ether oxygens (including phenoxy) is 1. The van der Waals surface area contributed by atoms with Crippen LogP contribution in [0.25, 0.3) is 21.5 Å². The van der Waals surface area contributed by atoms with Gasteiger partial charge in [-0.1, -0.05) is 24.3 Å². The number of carbonyl (C=O) groups excluding carboxylic acids is 1. The molecule has 0 N–H and O–H groups in total. The van der Waals surface area contributed by atoms with Crippen LogP contribution in [0, 0.1) is 5.92 Å². The van der Waals surface area contributed by atoms with Crippen molar-refractivity contribution in [1.82, 2.24) is 9.88 Å². The van der Waals surface area contributed by atoms with Crippen molar-refractivity contribution in [2.24, 2.45) is 5.92 Å². The standard InChI is InChI=1S/C22H21N3O2S/c26-21-25(14-22(27-21)13-24-11-9-16(22)10-12-24)20-8-7-19(28-20)18-6-5-15-3-1-2-4-17(15)23-18/h1-8,16H,9-14H2/t22-/m0/s1. The molecule has 7 rings (SSSR count). The van der Waals surface area contributed by atoms with Gasteiger partial charge in [-0.2, -0.15) is 0 Å². The Morgan fingerprint density at radius 1 is 1.04 bits per heavy atom. The molecule has 2 aromatic heterocycles. The second-order valence-electron chi connectivity index (χ2n) is 8.10. The Morgan fingerprint density at radius 3 is 2.71 bits per heavy atom. The largest absolute Gasteiger partial charge is 0.439 e. The molecular formula is C22H21N3O2S. The molecule has 1 spiro atoms. The summed E-state index contributed by atoms with van der Waals surface area (Å²) in [5.74, 6) is 0.494. The lowest BCUT2D eigenvalue weighted by Crippen LogP contribution is -2.61. The number of hydrogen-bond donors (Lipinski definition) is 0. The van der Waals surface area contributed by atoms with E-state index in [4.69, 9.17) is 9.72 Å². The SMILES string of the molecule is O=C1O[C@@]2(CN3CCC2CC3)CN1c1ccc(-c2ccc3ccccc3n2)s1. The van der Waals surface area contributed by atoms with Crippen LogP contribution in [0.4, 0.5) is 9.80 Å². The summed E-state index contributed by atoms with van der Waals surface area (Å²) < 4.78 is 6.00. The van der Waals surface area contributed by atoms with Gasteiger partial charge in [0.2, 0.25) is 0 Å². The fourth-order valence-corrected chi connectivity index (χ4v) is 5.96. The fourth-order valence-electron chi connectivity index (χ4n) is 4.99. The number of pyridine rings is 1. The van der Waals surface area contributed by atoms with E-state index >= 15 is 0 Å². The zero-order valence-corrected chi connectivity index (χ0v) is 16.3. The molecule has 28 heavy (non-hydrogen) atoms. The highest BCUT2D eigenvalue weighted by molar-refractivity contribution is 7.19. The number of rotatable bonds is 2. The molecule has 142 valence electrons. The summed E-state index contributed by atoms with van der Waals surface area (Å²) in [7, 11) is 0. The quantitative estimate of drug-likeness (QED) is 0.650. The number of fused-ring (bicyclic) bond motifs is 3. The van der Waals surface area contributed by atoms with Crippen molar-refractivity contribution in [3.05, 3.63) is 48.5 Å². The van der Waals surface area contributed by atoms with E-state index in [1.54, 1.807) is 11.3 Å². The number of para-hydroxylation sites is 1. The summed E-state index contributed by atoms with van der Waals surface area (Å²) in [4.78, 5) is 22.9. The number of hydrogen-bond acceptors (Lipinski definition) is 5. The molecular weight excluding hydrogens is 370 g/mol. The summed E-state index contributed by atoms with van der Waals surface area (Å²) in [6.45, 7) is 3.82. The number of aromatic nitrogens is 1. The lowest BCUT2D eigenvalue weighted by molar-refractivity contribution is -0.0881. The molecule has 1 atom stereocenters. The summed E-state index contributed by atoms with van der Waals surface area (Å²) in [5, 5.41) is 2.08.